The van der Waals surface area contributed by atoms with Gasteiger partial charge in [0, 0.05) is 12.8 Å². The standard InChI is InChI=1S/C14H17N3O3S/c1-3-15-8-11-9-17-14(10-16-11)20-12-5-4-6-13(7-12)21(2,18)19/h4-7,9-10,15H,3,8H2,1-2H3. The third-order valence-corrected chi connectivity index (χ3v) is 3.80. The van der Waals surface area contributed by atoms with Crippen molar-refractivity contribution in [1.29, 1.82) is 0 Å². The minimum absolute atomic E-state index is 0.205. The van der Waals surface area contributed by atoms with Crippen molar-refractivity contribution in [3.8, 4) is 11.6 Å². The van der Waals surface area contributed by atoms with E-state index in [1.807, 2.05) is 6.92 Å². The SMILES string of the molecule is CCNCc1cnc(Oc2cccc(S(C)(=O)=O)c2)cn1. The minimum atomic E-state index is -3.26. The van der Waals surface area contributed by atoms with Crippen LogP contribution in [0.3, 0.4) is 0 Å². The number of aromatic nitrogens is 2. The number of sulfone groups is 1. The molecule has 2 rings (SSSR count). The van der Waals surface area contributed by atoms with Gasteiger partial charge >= 0.3 is 0 Å². The van der Waals surface area contributed by atoms with Crippen molar-refractivity contribution in [1.82, 2.24) is 15.3 Å². The third kappa shape index (κ3) is 4.51. The van der Waals surface area contributed by atoms with Crippen molar-refractivity contribution in [2.45, 2.75) is 18.4 Å². The van der Waals surface area contributed by atoms with Gasteiger partial charge in [-0.15, -0.1) is 0 Å². The fourth-order valence-electron chi connectivity index (χ4n) is 1.63. The van der Waals surface area contributed by atoms with Crippen molar-refractivity contribution in [2.75, 3.05) is 12.8 Å². The van der Waals surface area contributed by atoms with E-state index in [0.29, 0.717) is 18.2 Å². The predicted molar refractivity (Wildman–Crippen MR) is 79.0 cm³/mol. The Kier molecular flexibility index (Phi) is 4.87. The first kappa shape index (κ1) is 15.4. The smallest absolute Gasteiger partial charge is 0.237 e. The molecule has 1 N–H and O–H groups in total. The normalized spacial score (nSPS) is 11.3. The van der Waals surface area contributed by atoms with E-state index in [2.05, 4.69) is 15.3 Å². The number of rotatable bonds is 6. The molecule has 0 radical (unpaired) electrons. The van der Waals surface area contributed by atoms with Crippen LogP contribution in [0.25, 0.3) is 0 Å². The van der Waals surface area contributed by atoms with E-state index in [0.717, 1.165) is 18.5 Å². The Morgan fingerprint density at radius 3 is 2.67 bits per heavy atom. The maximum Gasteiger partial charge on any atom is 0.237 e. The van der Waals surface area contributed by atoms with Gasteiger partial charge < -0.3 is 10.1 Å². The Bertz CT molecular complexity index is 700. The summed E-state index contributed by atoms with van der Waals surface area (Å²) in [5, 5.41) is 3.15. The summed E-state index contributed by atoms with van der Waals surface area (Å²) in [6.45, 7) is 3.52. The van der Waals surface area contributed by atoms with E-state index in [-0.39, 0.29) is 4.90 Å². The first-order chi connectivity index (χ1) is 9.99. The summed E-state index contributed by atoms with van der Waals surface area (Å²) in [5.41, 5.74) is 0.814. The van der Waals surface area contributed by atoms with E-state index < -0.39 is 9.84 Å². The molecule has 0 bridgehead atoms. The number of hydrogen-bond acceptors (Lipinski definition) is 6. The van der Waals surface area contributed by atoms with Crippen molar-refractivity contribution < 1.29 is 13.2 Å². The molecule has 0 saturated carbocycles. The number of hydrogen-bond donors (Lipinski definition) is 1. The van der Waals surface area contributed by atoms with Gasteiger partial charge in [0.2, 0.25) is 5.88 Å². The molecule has 0 aliphatic carbocycles. The molecule has 112 valence electrons. The maximum absolute atomic E-state index is 11.5. The predicted octanol–water partition coefficient (Wildman–Crippen LogP) is 1.78. The number of nitrogens with one attached hydrogen (secondary N) is 1. The summed E-state index contributed by atoms with van der Waals surface area (Å²) in [6.07, 6.45) is 4.29. The minimum Gasteiger partial charge on any atom is -0.437 e. The number of ether oxygens (including phenoxy) is 1. The average molecular weight is 307 g/mol. The highest BCUT2D eigenvalue weighted by Crippen LogP contribution is 2.22. The summed E-state index contributed by atoms with van der Waals surface area (Å²) in [6, 6.07) is 6.28. The molecule has 21 heavy (non-hydrogen) atoms. The zero-order chi connectivity index (χ0) is 15.3. The van der Waals surface area contributed by atoms with E-state index in [4.69, 9.17) is 4.74 Å². The second kappa shape index (κ2) is 6.64. The summed E-state index contributed by atoms with van der Waals surface area (Å²) in [5.74, 6) is 0.729. The summed E-state index contributed by atoms with van der Waals surface area (Å²) in [7, 11) is -3.26. The number of benzene rings is 1. The average Bonchev–Trinajstić information content (AvgIpc) is 2.46. The van der Waals surface area contributed by atoms with E-state index in [1.54, 1.807) is 18.3 Å². The quantitative estimate of drug-likeness (QED) is 0.876. The highest BCUT2D eigenvalue weighted by Gasteiger charge is 2.08. The lowest BCUT2D eigenvalue weighted by molar-refractivity contribution is 0.457. The molecule has 0 aliphatic heterocycles. The van der Waals surface area contributed by atoms with Gasteiger partial charge in [0.15, 0.2) is 9.84 Å². The summed E-state index contributed by atoms with van der Waals surface area (Å²) < 4.78 is 28.5. The fourth-order valence-corrected chi connectivity index (χ4v) is 2.29. The first-order valence-corrected chi connectivity index (χ1v) is 8.38. The molecule has 0 amide bonds. The van der Waals surface area contributed by atoms with Crippen LogP contribution in [-0.2, 0) is 16.4 Å². The molecule has 0 saturated heterocycles. The van der Waals surface area contributed by atoms with Crippen molar-refractivity contribution in [3.63, 3.8) is 0 Å². The van der Waals surface area contributed by atoms with Crippen LogP contribution in [0.15, 0.2) is 41.6 Å². The van der Waals surface area contributed by atoms with Gasteiger partial charge in [0.25, 0.3) is 0 Å². The van der Waals surface area contributed by atoms with Gasteiger partial charge in [-0.05, 0) is 24.7 Å². The van der Waals surface area contributed by atoms with Crippen LogP contribution < -0.4 is 10.1 Å². The molecule has 1 heterocycles. The lowest BCUT2D eigenvalue weighted by Gasteiger charge is -2.06. The van der Waals surface area contributed by atoms with Gasteiger partial charge in [0.1, 0.15) is 5.75 Å². The Morgan fingerprint density at radius 1 is 1.24 bits per heavy atom. The Hall–Kier alpha value is -1.99. The second-order valence-corrected chi connectivity index (χ2v) is 6.49. The van der Waals surface area contributed by atoms with Crippen molar-refractivity contribution in [2.24, 2.45) is 0 Å². The van der Waals surface area contributed by atoms with Crippen LogP contribution in [0.4, 0.5) is 0 Å². The van der Waals surface area contributed by atoms with Crippen LogP contribution in [0.2, 0.25) is 0 Å². The topological polar surface area (TPSA) is 81.2 Å². The molecule has 1 aromatic heterocycles. The van der Waals surface area contributed by atoms with Crippen LogP contribution in [-0.4, -0.2) is 31.2 Å². The lowest BCUT2D eigenvalue weighted by atomic mass is 10.3. The zero-order valence-corrected chi connectivity index (χ0v) is 12.7. The monoisotopic (exact) mass is 307 g/mol. The maximum atomic E-state index is 11.5. The molecule has 7 heteroatoms. The van der Waals surface area contributed by atoms with Gasteiger partial charge in [-0.1, -0.05) is 13.0 Å². The Balaban J connectivity index is 2.11. The second-order valence-electron chi connectivity index (χ2n) is 4.48. The summed E-state index contributed by atoms with van der Waals surface area (Å²) >= 11 is 0. The van der Waals surface area contributed by atoms with Crippen LogP contribution in [0.1, 0.15) is 12.6 Å². The van der Waals surface area contributed by atoms with E-state index >= 15 is 0 Å². The molecular weight excluding hydrogens is 290 g/mol. The van der Waals surface area contributed by atoms with E-state index in [1.165, 1.54) is 18.3 Å². The molecule has 0 spiro atoms. The molecule has 0 fully saturated rings. The summed E-state index contributed by atoms with van der Waals surface area (Å²) in [4.78, 5) is 8.57. The largest absolute Gasteiger partial charge is 0.437 e. The van der Waals surface area contributed by atoms with Crippen LogP contribution >= 0.6 is 0 Å². The first-order valence-electron chi connectivity index (χ1n) is 6.48. The Labute approximate surface area is 124 Å². The van der Waals surface area contributed by atoms with Crippen molar-refractivity contribution >= 4 is 9.84 Å². The van der Waals surface area contributed by atoms with Crippen molar-refractivity contribution in [3.05, 3.63) is 42.4 Å². The molecule has 1 aromatic carbocycles. The number of nitrogens with zero attached hydrogens (tertiary/aromatic N) is 2. The molecule has 0 unspecified atom stereocenters. The van der Waals surface area contributed by atoms with Crippen LogP contribution in [0, 0.1) is 0 Å². The van der Waals surface area contributed by atoms with Gasteiger partial charge in [0.05, 0.1) is 23.0 Å². The molecule has 0 atom stereocenters. The van der Waals surface area contributed by atoms with Gasteiger partial charge in [-0.3, -0.25) is 4.98 Å². The zero-order valence-electron chi connectivity index (χ0n) is 11.9. The highest BCUT2D eigenvalue weighted by molar-refractivity contribution is 7.90. The molecule has 6 nitrogen and oxygen atoms in total. The molecule has 0 aliphatic rings. The fraction of sp³-hybridized carbons (Fsp3) is 0.286. The van der Waals surface area contributed by atoms with Crippen LogP contribution in [0.5, 0.6) is 11.6 Å². The van der Waals surface area contributed by atoms with E-state index in [9.17, 15) is 8.42 Å². The van der Waals surface area contributed by atoms with Gasteiger partial charge in [-0.25, -0.2) is 13.4 Å². The molecule has 2 aromatic rings. The Morgan fingerprint density at radius 2 is 2.05 bits per heavy atom. The lowest BCUT2D eigenvalue weighted by Crippen LogP contribution is -2.13. The molecular formula is C14H17N3O3S. The third-order valence-electron chi connectivity index (χ3n) is 2.69. The highest BCUT2D eigenvalue weighted by atomic mass is 32.2. The van der Waals surface area contributed by atoms with Gasteiger partial charge in [-0.2, -0.15) is 0 Å².